The second-order valence-corrected chi connectivity index (χ2v) is 7.76. The molecule has 0 unspecified atom stereocenters. The van der Waals surface area contributed by atoms with E-state index >= 15 is 0 Å². The molecular formula is C19H18N2O3S. The Balaban J connectivity index is 1.85. The highest BCUT2D eigenvalue weighted by Crippen LogP contribution is 2.19. The molecule has 1 aromatic carbocycles. The third-order valence-corrected chi connectivity index (χ3v) is 5.73. The van der Waals surface area contributed by atoms with Crippen LogP contribution in [0, 0.1) is 13.8 Å². The van der Waals surface area contributed by atoms with Gasteiger partial charge in [0, 0.05) is 25.0 Å². The number of rotatable bonds is 5. The standard InChI is InChI=1S/C19H18N2O3S/c1-14-6-7-17(11-15(14)2)25(23,24)21-10-8-16(13-21)12-19(22)18-5-3-4-9-20-18/h3-11,13H,12H2,1-2H3. The molecule has 3 aromatic rings. The van der Waals surface area contributed by atoms with Crippen molar-refractivity contribution in [3.8, 4) is 0 Å². The fraction of sp³-hybridized carbons (Fsp3) is 0.158. The normalized spacial score (nSPS) is 11.4. The fourth-order valence-electron chi connectivity index (χ4n) is 2.47. The molecule has 0 N–H and O–H groups in total. The molecule has 0 atom stereocenters. The van der Waals surface area contributed by atoms with Crippen molar-refractivity contribution in [1.82, 2.24) is 8.96 Å². The van der Waals surface area contributed by atoms with E-state index in [1.807, 2.05) is 13.8 Å². The molecule has 25 heavy (non-hydrogen) atoms. The lowest BCUT2D eigenvalue weighted by Crippen LogP contribution is -2.11. The lowest BCUT2D eigenvalue weighted by atomic mass is 10.1. The average molecular weight is 354 g/mol. The van der Waals surface area contributed by atoms with Crippen LogP contribution in [-0.4, -0.2) is 23.2 Å². The van der Waals surface area contributed by atoms with Gasteiger partial charge in [-0.3, -0.25) is 9.78 Å². The van der Waals surface area contributed by atoms with E-state index in [4.69, 9.17) is 0 Å². The molecule has 6 heteroatoms. The minimum atomic E-state index is -3.67. The quantitative estimate of drug-likeness (QED) is 0.660. The third-order valence-electron chi connectivity index (χ3n) is 4.10. The lowest BCUT2D eigenvalue weighted by Gasteiger charge is -2.08. The lowest BCUT2D eigenvalue weighted by molar-refractivity contribution is 0.0988. The molecule has 0 radical (unpaired) electrons. The number of nitrogens with zero attached hydrogens (tertiary/aromatic N) is 2. The van der Waals surface area contributed by atoms with E-state index < -0.39 is 10.0 Å². The van der Waals surface area contributed by atoms with Gasteiger partial charge < -0.3 is 0 Å². The fourth-order valence-corrected chi connectivity index (χ4v) is 3.78. The van der Waals surface area contributed by atoms with Crippen LogP contribution >= 0.6 is 0 Å². The molecule has 0 aliphatic carbocycles. The number of aromatic nitrogens is 2. The van der Waals surface area contributed by atoms with Crippen molar-refractivity contribution >= 4 is 15.8 Å². The summed E-state index contributed by atoms with van der Waals surface area (Å²) in [6.07, 6.45) is 4.60. The highest BCUT2D eigenvalue weighted by atomic mass is 32.2. The molecule has 0 bridgehead atoms. The van der Waals surface area contributed by atoms with Crippen molar-refractivity contribution in [3.05, 3.63) is 83.4 Å². The molecule has 0 aliphatic heterocycles. The minimum Gasteiger partial charge on any atom is -0.292 e. The first-order valence-corrected chi connectivity index (χ1v) is 9.26. The minimum absolute atomic E-state index is 0.104. The van der Waals surface area contributed by atoms with Crippen molar-refractivity contribution in [2.45, 2.75) is 25.2 Å². The van der Waals surface area contributed by atoms with E-state index in [0.29, 0.717) is 11.3 Å². The van der Waals surface area contributed by atoms with Crippen LogP contribution in [0.25, 0.3) is 0 Å². The molecule has 3 rings (SSSR count). The summed E-state index contributed by atoms with van der Waals surface area (Å²) in [4.78, 5) is 16.5. The van der Waals surface area contributed by atoms with E-state index in [1.165, 1.54) is 12.4 Å². The Bertz CT molecular complexity index is 1020. The summed E-state index contributed by atoms with van der Waals surface area (Å²) in [7, 11) is -3.67. The van der Waals surface area contributed by atoms with Crippen LogP contribution in [0.3, 0.4) is 0 Å². The molecule has 0 aliphatic rings. The maximum Gasteiger partial charge on any atom is 0.267 e. The van der Waals surface area contributed by atoms with Gasteiger partial charge in [-0.2, -0.15) is 0 Å². The SMILES string of the molecule is Cc1ccc(S(=O)(=O)n2ccc(CC(=O)c3ccccn3)c2)cc1C. The van der Waals surface area contributed by atoms with E-state index in [9.17, 15) is 13.2 Å². The highest BCUT2D eigenvalue weighted by Gasteiger charge is 2.18. The predicted molar refractivity (Wildman–Crippen MR) is 95.2 cm³/mol. The molecular weight excluding hydrogens is 336 g/mol. The maximum absolute atomic E-state index is 12.7. The topological polar surface area (TPSA) is 69.0 Å². The van der Waals surface area contributed by atoms with Gasteiger partial charge >= 0.3 is 0 Å². The number of hydrogen-bond acceptors (Lipinski definition) is 4. The Morgan fingerprint density at radius 2 is 1.88 bits per heavy atom. The Labute approximate surface area is 147 Å². The summed E-state index contributed by atoms with van der Waals surface area (Å²) in [6, 6.07) is 11.8. The van der Waals surface area contributed by atoms with Crippen molar-refractivity contribution in [3.63, 3.8) is 0 Å². The number of ketones is 1. The van der Waals surface area contributed by atoms with Crippen molar-refractivity contribution in [2.24, 2.45) is 0 Å². The molecule has 0 saturated carbocycles. The van der Waals surface area contributed by atoms with Crippen LogP contribution in [0.2, 0.25) is 0 Å². The zero-order valence-corrected chi connectivity index (χ0v) is 14.8. The molecule has 0 spiro atoms. The summed E-state index contributed by atoms with van der Waals surface area (Å²) in [5.41, 5.74) is 2.95. The summed E-state index contributed by atoms with van der Waals surface area (Å²) in [5, 5.41) is 0. The molecule has 128 valence electrons. The zero-order valence-electron chi connectivity index (χ0n) is 14.0. The maximum atomic E-state index is 12.7. The van der Waals surface area contributed by atoms with Crippen LogP contribution in [0.5, 0.6) is 0 Å². The Morgan fingerprint density at radius 3 is 2.56 bits per heavy atom. The molecule has 2 heterocycles. The monoisotopic (exact) mass is 354 g/mol. The summed E-state index contributed by atoms with van der Waals surface area (Å²) >= 11 is 0. The van der Waals surface area contributed by atoms with E-state index in [1.54, 1.807) is 48.7 Å². The van der Waals surface area contributed by atoms with Gasteiger partial charge in [0.15, 0.2) is 5.78 Å². The largest absolute Gasteiger partial charge is 0.292 e. The van der Waals surface area contributed by atoms with Gasteiger partial charge in [0.2, 0.25) is 0 Å². The van der Waals surface area contributed by atoms with Gasteiger partial charge in [-0.1, -0.05) is 12.1 Å². The number of hydrogen-bond donors (Lipinski definition) is 0. The Hall–Kier alpha value is -2.73. The Kier molecular flexibility index (Phi) is 4.55. The first kappa shape index (κ1) is 17.1. The molecule has 0 fully saturated rings. The van der Waals surface area contributed by atoms with E-state index in [-0.39, 0.29) is 17.1 Å². The first-order valence-electron chi connectivity index (χ1n) is 7.82. The van der Waals surface area contributed by atoms with Crippen LogP contribution in [-0.2, 0) is 16.4 Å². The number of Topliss-reactive ketones (excluding diaryl/α,β-unsaturated/α-hetero) is 1. The number of benzene rings is 1. The summed E-state index contributed by atoms with van der Waals surface area (Å²) < 4.78 is 26.6. The number of carbonyl (C=O) groups excluding carboxylic acids is 1. The van der Waals surface area contributed by atoms with Gasteiger partial charge in [-0.25, -0.2) is 12.4 Å². The molecule has 0 amide bonds. The predicted octanol–water partition coefficient (Wildman–Crippen LogP) is 3.16. The summed E-state index contributed by atoms with van der Waals surface area (Å²) in [6.45, 7) is 3.81. The van der Waals surface area contributed by atoms with Gasteiger partial charge in [0.05, 0.1) is 4.90 Å². The second kappa shape index (κ2) is 6.64. The van der Waals surface area contributed by atoms with E-state index in [2.05, 4.69) is 4.98 Å². The molecule has 0 saturated heterocycles. The van der Waals surface area contributed by atoms with Crippen molar-refractivity contribution < 1.29 is 13.2 Å². The molecule has 2 aromatic heterocycles. The van der Waals surface area contributed by atoms with Gasteiger partial charge in [-0.15, -0.1) is 0 Å². The summed E-state index contributed by atoms with van der Waals surface area (Å²) in [5.74, 6) is -0.151. The van der Waals surface area contributed by atoms with Crippen molar-refractivity contribution in [2.75, 3.05) is 0 Å². The van der Waals surface area contributed by atoms with Crippen LogP contribution in [0.4, 0.5) is 0 Å². The highest BCUT2D eigenvalue weighted by molar-refractivity contribution is 7.90. The van der Waals surface area contributed by atoms with Gasteiger partial charge in [0.1, 0.15) is 5.69 Å². The van der Waals surface area contributed by atoms with Crippen LogP contribution < -0.4 is 0 Å². The zero-order chi connectivity index (χ0) is 18.0. The van der Waals surface area contributed by atoms with E-state index in [0.717, 1.165) is 15.1 Å². The van der Waals surface area contributed by atoms with Gasteiger partial charge in [-0.05, 0) is 60.9 Å². The van der Waals surface area contributed by atoms with Gasteiger partial charge in [0.25, 0.3) is 10.0 Å². The number of carbonyl (C=O) groups is 1. The smallest absolute Gasteiger partial charge is 0.267 e. The van der Waals surface area contributed by atoms with Crippen LogP contribution in [0.15, 0.2) is 66.0 Å². The number of pyridine rings is 1. The molecule has 5 nitrogen and oxygen atoms in total. The Morgan fingerprint density at radius 1 is 1.08 bits per heavy atom. The van der Waals surface area contributed by atoms with Crippen molar-refractivity contribution in [1.29, 1.82) is 0 Å². The second-order valence-electron chi connectivity index (χ2n) is 5.92. The third kappa shape index (κ3) is 3.53. The average Bonchev–Trinajstić information content (AvgIpc) is 3.07. The number of aryl methyl sites for hydroxylation is 2. The first-order chi connectivity index (χ1) is 11.9. The van der Waals surface area contributed by atoms with Crippen LogP contribution in [0.1, 0.15) is 27.2 Å².